The zero-order valence-electron chi connectivity index (χ0n) is 11.8. The Morgan fingerprint density at radius 2 is 1.90 bits per heavy atom. The minimum absolute atomic E-state index is 0. The highest BCUT2D eigenvalue weighted by Gasteiger charge is 2.25. The van der Waals surface area contributed by atoms with E-state index in [0.717, 1.165) is 25.2 Å². The molecule has 1 fully saturated rings. The van der Waals surface area contributed by atoms with Gasteiger partial charge in [-0.3, -0.25) is 4.90 Å². The lowest BCUT2D eigenvalue weighted by molar-refractivity contribution is 0.248. The number of halogens is 2. The molecule has 2 aromatic carbocycles. The third kappa shape index (κ3) is 3.74. The number of likely N-dealkylation sites (tertiary alicyclic amines) is 1. The molecule has 21 heavy (non-hydrogen) atoms. The van der Waals surface area contributed by atoms with E-state index in [1.807, 2.05) is 30.3 Å². The lowest BCUT2D eigenvalue weighted by atomic mass is 10.0. The van der Waals surface area contributed by atoms with Crippen molar-refractivity contribution in [3.8, 4) is 0 Å². The van der Waals surface area contributed by atoms with E-state index in [1.54, 1.807) is 12.1 Å². The molecular weight excluding hydrogens is 287 g/mol. The summed E-state index contributed by atoms with van der Waals surface area (Å²) in [6.07, 6.45) is 2.32. The number of hydrogen-bond donors (Lipinski definition) is 1. The number of nitrogens with zero attached hydrogens (tertiary/aromatic N) is 1. The Morgan fingerprint density at radius 1 is 1.14 bits per heavy atom. The Morgan fingerprint density at radius 3 is 2.62 bits per heavy atom. The number of benzene rings is 2. The first-order chi connectivity index (χ1) is 9.72. The van der Waals surface area contributed by atoms with Crippen LogP contribution in [-0.2, 0) is 6.54 Å². The zero-order chi connectivity index (χ0) is 13.9. The van der Waals surface area contributed by atoms with Gasteiger partial charge in [-0.05, 0) is 54.8 Å². The topological polar surface area (TPSA) is 29.3 Å². The molecule has 1 aliphatic rings. The van der Waals surface area contributed by atoms with E-state index in [0.29, 0.717) is 6.04 Å². The fourth-order valence-electron chi connectivity index (χ4n) is 3.00. The zero-order valence-corrected chi connectivity index (χ0v) is 12.7. The Bertz CT molecular complexity index is 586. The van der Waals surface area contributed by atoms with Crippen LogP contribution in [0.4, 0.5) is 10.1 Å². The van der Waals surface area contributed by atoms with Crippen LogP contribution < -0.4 is 5.73 Å². The monoisotopic (exact) mass is 306 g/mol. The summed E-state index contributed by atoms with van der Waals surface area (Å²) in [5, 5.41) is 0. The average Bonchev–Trinajstić information content (AvgIpc) is 2.88. The van der Waals surface area contributed by atoms with Gasteiger partial charge >= 0.3 is 0 Å². The summed E-state index contributed by atoms with van der Waals surface area (Å²) in [4.78, 5) is 2.45. The van der Waals surface area contributed by atoms with Crippen LogP contribution in [0, 0.1) is 5.82 Å². The van der Waals surface area contributed by atoms with Gasteiger partial charge in [0.1, 0.15) is 5.82 Å². The minimum atomic E-state index is -0.172. The second kappa shape index (κ2) is 6.92. The number of nitrogens with two attached hydrogens (primary N) is 1. The van der Waals surface area contributed by atoms with Crippen LogP contribution in [0.5, 0.6) is 0 Å². The molecule has 0 amide bonds. The fraction of sp³-hybridized carbons (Fsp3) is 0.294. The Labute approximate surface area is 131 Å². The second-order valence-corrected chi connectivity index (χ2v) is 5.43. The van der Waals surface area contributed by atoms with Gasteiger partial charge in [-0.25, -0.2) is 4.39 Å². The molecule has 112 valence electrons. The van der Waals surface area contributed by atoms with Crippen molar-refractivity contribution in [1.29, 1.82) is 0 Å². The first-order valence-electron chi connectivity index (χ1n) is 7.06. The van der Waals surface area contributed by atoms with E-state index in [4.69, 9.17) is 5.73 Å². The maximum Gasteiger partial charge on any atom is 0.123 e. The van der Waals surface area contributed by atoms with E-state index in [2.05, 4.69) is 11.0 Å². The summed E-state index contributed by atoms with van der Waals surface area (Å²) in [6, 6.07) is 15.3. The van der Waals surface area contributed by atoms with E-state index in [-0.39, 0.29) is 18.2 Å². The van der Waals surface area contributed by atoms with Gasteiger partial charge in [-0.1, -0.05) is 24.3 Å². The second-order valence-electron chi connectivity index (χ2n) is 5.43. The molecule has 4 heteroatoms. The molecule has 1 unspecified atom stereocenters. The molecule has 1 atom stereocenters. The molecule has 0 radical (unpaired) electrons. The minimum Gasteiger partial charge on any atom is -0.399 e. The van der Waals surface area contributed by atoms with Crippen LogP contribution in [0.15, 0.2) is 48.5 Å². The van der Waals surface area contributed by atoms with Crippen molar-refractivity contribution >= 4 is 18.1 Å². The van der Waals surface area contributed by atoms with E-state index in [9.17, 15) is 4.39 Å². The predicted octanol–water partition coefficient (Wildman–Crippen LogP) is 4.17. The molecular formula is C17H20ClFN2. The molecule has 0 bridgehead atoms. The lowest BCUT2D eigenvalue weighted by Gasteiger charge is -2.25. The fourth-order valence-corrected chi connectivity index (χ4v) is 3.00. The van der Waals surface area contributed by atoms with Gasteiger partial charge < -0.3 is 5.73 Å². The van der Waals surface area contributed by atoms with Crippen LogP contribution in [0.1, 0.15) is 30.0 Å². The van der Waals surface area contributed by atoms with Gasteiger partial charge in [-0.15, -0.1) is 12.4 Å². The summed E-state index contributed by atoms with van der Waals surface area (Å²) in [5.41, 5.74) is 9.08. The largest absolute Gasteiger partial charge is 0.399 e. The van der Waals surface area contributed by atoms with Crippen molar-refractivity contribution in [3.05, 3.63) is 65.5 Å². The molecule has 1 heterocycles. The molecule has 0 spiro atoms. The molecule has 1 saturated heterocycles. The highest BCUT2D eigenvalue weighted by atomic mass is 35.5. The van der Waals surface area contributed by atoms with E-state index < -0.39 is 0 Å². The standard InChI is InChI=1S/C17H19FN2.ClH/c18-15-8-6-14(7-9-15)17-5-2-10-20(17)12-13-3-1-4-16(19)11-13;/h1,3-4,6-9,11,17H,2,5,10,12,19H2;1H. The van der Waals surface area contributed by atoms with Crippen molar-refractivity contribution in [2.75, 3.05) is 12.3 Å². The first kappa shape index (κ1) is 15.8. The summed E-state index contributed by atoms with van der Waals surface area (Å²) in [7, 11) is 0. The predicted molar refractivity (Wildman–Crippen MR) is 86.9 cm³/mol. The molecule has 2 N–H and O–H groups in total. The maximum absolute atomic E-state index is 13.0. The van der Waals surface area contributed by atoms with Crippen molar-refractivity contribution in [2.45, 2.75) is 25.4 Å². The van der Waals surface area contributed by atoms with Crippen LogP contribution in [-0.4, -0.2) is 11.4 Å². The Kier molecular flexibility index (Phi) is 5.21. The molecule has 1 aliphatic heterocycles. The van der Waals surface area contributed by atoms with Gasteiger partial charge in [0.25, 0.3) is 0 Å². The molecule has 2 nitrogen and oxygen atoms in total. The average molecular weight is 307 g/mol. The highest BCUT2D eigenvalue weighted by Crippen LogP contribution is 2.33. The van der Waals surface area contributed by atoms with Crippen molar-refractivity contribution in [1.82, 2.24) is 4.90 Å². The van der Waals surface area contributed by atoms with Gasteiger partial charge in [0.15, 0.2) is 0 Å². The van der Waals surface area contributed by atoms with Gasteiger partial charge in [0, 0.05) is 18.3 Å². The number of nitrogen functional groups attached to an aromatic ring is 1. The molecule has 0 saturated carbocycles. The van der Waals surface area contributed by atoms with Crippen molar-refractivity contribution in [3.63, 3.8) is 0 Å². The Hall–Kier alpha value is -1.58. The molecule has 2 aromatic rings. The maximum atomic E-state index is 13.0. The van der Waals surface area contributed by atoms with Crippen LogP contribution in [0.25, 0.3) is 0 Å². The summed E-state index contributed by atoms with van der Waals surface area (Å²) in [5.74, 6) is -0.172. The van der Waals surface area contributed by atoms with E-state index >= 15 is 0 Å². The summed E-state index contributed by atoms with van der Waals surface area (Å²) < 4.78 is 13.0. The Balaban J connectivity index is 0.00000161. The number of rotatable bonds is 3. The van der Waals surface area contributed by atoms with Crippen LogP contribution in [0.3, 0.4) is 0 Å². The summed E-state index contributed by atoms with van der Waals surface area (Å²) >= 11 is 0. The molecule has 3 rings (SSSR count). The van der Waals surface area contributed by atoms with Gasteiger partial charge in [0.05, 0.1) is 0 Å². The normalized spacial score (nSPS) is 18.4. The van der Waals surface area contributed by atoms with Crippen LogP contribution >= 0.6 is 12.4 Å². The van der Waals surface area contributed by atoms with Crippen LogP contribution in [0.2, 0.25) is 0 Å². The molecule has 0 aliphatic carbocycles. The quantitative estimate of drug-likeness (QED) is 0.863. The SMILES string of the molecule is Cl.Nc1cccc(CN2CCCC2c2ccc(F)cc2)c1. The number of hydrogen-bond acceptors (Lipinski definition) is 2. The summed E-state index contributed by atoms with van der Waals surface area (Å²) in [6.45, 7) is 1.98. The first-order valence-corrected chi connectivity index (χ1v) is 7.06. The van der Waals surface area contributed by atoms with Crippen molar-refractivity contribution in [2.24, 2.45) is 0 Å². The lowest BCUT2D eigenvalue weighted by Crippen LogP contribution is -2.22. The highest BCUT2D eigenvalue weighted by molar-refractivity contribution is 5.85. The number of anilines is 1. The third-order valence-corrected chi connectivity index (χ3v) is 3.96. The van der Waals surface area contributed by atoms with Gasteiger partial charge in [-0.2, -0.15) is 0 Å². The van der Waals surface area contributed by atoms with Gasteiger partial charge in [0.2, 0.25) is 0 Å². The molecule has 0 aromatic heterocycles. The van der Waals surface area contributed by atoms with E-state index in [1.165, 1.54) is 17.5 Å². The van der Waals surface area contributed by atoms with Crippen molar-refractivity contribution < 1.29 is 4.39 Å². The third-order valence-electron chi connectivity index (χ3n) is 3.96. The smallest absolute Gasteiger partial charge is 0.123 e.